The van der Waals surface area contributed by atoms with Crippen LogP contribution in [0, 0.1) is 0 Å². The third-order valence-electron chi connectivity index (χ3n) is 3.27. The molecule has 1 aliphatic rings. The summed E-state index contributed by atoms with van der Waals surface area (Å²) in [4.78, 5) is 24.9. The van der Waals surface area contributed by atoms with Gasteiger partial charge in [0.2, 0.25) is 5.91 Å². The fourth-order valence-corrected chi connectivity index (χ4v) is 2.23. The second-order valence-corrected chi connectivity index (χ2v) is 4.45. The number of nitrogens with zero attached hydrogens (tertiary/aromatic N) is 1. The van der Waals surface area contributed by atoms with Crippen molar-refractivity contribution in [1.82, 2.24) is 0 Å². The van der Waals surface area contributed by atoms with Crippen molar-refractivity contribution in [3.63, 3.8) is 0 Å². The van der Waals surface area contributed by atoms with Crippen LogP contribution >= 0.6 is 0 Å². The van der Waals surface area contributed by atoms with Crippen LogP contribution in [0.1, 0.15) is 22.3 Å². The summed E-state index contributed by atoms with van der Waals surface area (Å²) in [7, 11) is 2.92. The van der Waals surface area contributed by atoms with E-state index in [2.05, 4.69) is 4.74 Å². The van der Waals surface area contributed by atoms with Gasteiger partial charge in [-0.25, -0.2) is 9.18 Å². The van der Waals surface area contributed by atoms with Crippen molar-refractivity contribution in [2.24, 2.45) is 0 Å². The molecule has 1 heterocycles. The summed E-state index contributed by atoms with van der Waals surface area (Å²) in [6.45, 7) is -0.708. The van der Waals surface area contributed by atoms with Crippen molar-refractivity contribution in [3.05, 3.63) is 23.3 Å². The van der Waals surface area contributed by atoms with Crippen LogP contribution in [0.5, 0.6) is 5.75 Å². The Bertz CT molecular complexity index is 544. The van der Waals surface area contributed by atoms with Gasteiger partial charge in [-0.1, -0.05) is 0 Å². The van der Waals surface area contributed by atoms with Gasteiger partial charge in [0.15, 0.2) is 0 Å². The van der Waals surface area contributed by atoms with Gasteiger partial charge in [-0.3, -0.25) is 4.79 Å². The van der Waals surface area contributed by atoms with E-state index in [0.29, 0.717) is 24.3 Å². The molecule has 0 N–H and O–H groups in total. The monoisotopic (exact) mass is 281 g/mol. The summed E-state index contributed by atoms with van der Waals surface area (Å²) in [5, 5.41) is 0. The van der Waals surface area contributed by atoms with E-state index in [0.717, 1.165) is 5.56 Å². The average molecular weight is 281 g/mol. The fourth-order valence-electron chi connectivity index (χ4n) is 2.23. The zero-order valence-corrected chi connectivity index (χ0v) is 11.4. The van der Waals surface area contributed by atoms with Crippen LogP contribution in [0.25, 0.3) is 0 Å². The van der Waals surface area contributed by atoms with Crippen LogP contribution in [0.3, 0.4) is 0 Å². The molecular weight excluding hydrogens is 265 g/mol. The number of alkyl halides is 1. The molecule has 0 fully saturated rings. The third kappa shape index (κ3) is 2.59. The van der Waals surface area contributed by atoms with Gasteiger partial charge < -0.3 is 14.4 Å². The van der Waals surface area contributed by atoms with Crippen molar-refractivity contribution >= 4 is 17.6 Å². The smallest absolute Gasteiger partial charge is 0.338 e. The van der Waals surface area contributed by atoms with Crippen LogP contribution < -0.4 is 9.64 Å². The van der Waals surface area contributed by atoms with Crippen molar-refractivity contribution in [2.45, 2.75) is 12.8 Å². The molecule has 1 amide bonds. The lowest BCUT2D eigenvalue weighted by atomic mass is 9.98. The number of hydrogen-bond acceptors (Lipinski definition) is 4. The highest BCUT2D eigenvalue weighted by molar-refractivity contribution is 5.99. The summed E-state index contributed by atoms with van der Waals surface area (Å²) >= 11 is 0. The first-order valence-electron chi connectivity index (χ1n) is 6.29. The number of carbonyl (C=O) groups excluding carboxylic acids is 2. The van der Waals surface area contributed by atoms with Crippen LogP contribution in [0.4, 0.5) is 10.1 Å². The predicted molar refractivity (Wildman–Crippen MR) is 71.0 cm³/mol. The summed E-state index contributed by atoms with van der Waals surface area (Å²) < 4.78 is 22.3. The second kappa shape index (κ2) is 5.90. The maximum absolute atomic E-state index is 12.3. The zero-order valence-electron chi connectivity index (χ0n) is 11.4. The molecule has 0 radical (unpaired) electrons. The minimum absolute atomic E-state index is 0.0315. The van der Waals surface area contributed by atoms with Crippen LogP contribution in [-0.4, -0.2) is 39.3 Å². The Kier molecular flexibility index (Phi) is 4.22. The molecule has 0 aromatic heterocycles. The minimum atomic E-state index is -0.619. The Hall–Kier alpha value is -2.11. The van der Waals surface area contributed by atoms with Gasteiger partial charge in [-0.05, 0) is 18.6 Å². The van der Waals surface area contributed by atoms with E-state index in [1.54, 1.807) is 13.1 Å². The number of anilines is 1. The quantitative estimate of drug-likeness (QED) is 0.789. The number of hydrogen-bond donors (Lipinski definition) is 0. The molecule has 0 aliphatic carbocycles. The molecule has 2 rings (SSSR count). The van der Waals surface area contributed by atoms with Gasteiger partial charge in [-0.15, -0.1) is 0 Å². The highest BCUT2D eigenvalue weighted by Crippen LogP contribution is 2.35. The third-order valence-corrected chi connectivity index (χ3v) is 3.27. The molecular formula is C14H16FNO4. The van der Waals surface area contributed by atoms with E-state index in [1.165, 1.54) is 18.1 Å². The first-order chi connectivity index (χ1) is 9.58. The summed E-state index contributed by atoms with van der Waals surface area (Å²) in [5.74, 6) is -0.125. The summed E-state index contributed by atoms with van der Waals surface area (Å²) in [6.07, 6.45) is 0.884. The SMILES string of the molecule is COC(=O)c1cc(OCCF)c2c(c1)N(C)C(=O)CC2. The number of methoxy groups -OCH3 is 1. The van der Waals surface area contributed by atoms with Crippen molar-refractivity contribution in [1.29, 1.82) is 0 Å². The van der Waals surface area contributed by atoms with Gasteiger partial charge in [-0.2, -0.15) is 0 Å². The molecule has 108 valence electrons. The van der Waals surface area contributed by atoms with Gasteiger partial charge in [0.05, 0.1) is 18.4 Å². The number of carbonyl (C=O) groups is 2. The molecule has 0 spiro atoms. The van der Waals surface area contributed by atoms with Crippen LogP contribution in [0.2, 0.25) is 0 Å². The summed E-state index contributed by atoms with van der Waals surface area (Å²) in [6, 6.07) is 3.13. The van der Waals surface area contributed by atoms with Gasteiger partial charge in [0.25, 0.3) is 0 Å². The van der Waals surface area contributed by atoms with Gasteiger partial charge >= 0.3 is 5.97 Å². The van der Waals surface area contributed by atoms with Gasteiger partial charge in [0, 0.05) is 19.0 Å². The van der Waals surface area contributed by atoms with Gasteiger partial charge in [0.1, 0.15) is 19.0 Å². The first-order valence-corrected chi connectivity index (χ1v) is 6.29. The molecule has 0 unspecified atom stereocenters. The molecule has 0 saturated carbocycles. The van der Waals surface area contributed by atoms with Crippen molar-refractivity contribution in [3.8, 4) is 5.75 Å². The number of rotatable bonds is 4. The zero-order chi connectivity index (χ0) is 14.7. The molecule has 0 bridgehead atoms. The topological polar surface area (TPSA) is 55.8 Å². The molecule has 1 aromatic rings. The summed E-state index contributed by atoms with van der Waals surface area (Å²) in [5.41, 5.74) is 1.70. The number of benzene rings is 1. The van der Waals surface area contributed by atoms with Crippen molar-refractivity contribution in [2.75, 3.05) is 32.3 Å². The Morgan fingerprint density at radius 3 is 2.80 bits per heavy atom. The highest BCUT2D eigenvalue weighted by Gasteiger charge is 2.26. The lowest BCUT2D eigenvalue weighted by Crippen LogP contribution is -2.31. The average Bonchev–Trinajstić information content (AvgIpc) is 2.47. The Morgan fingerprint density at radius 2 is 2.15 bits per heavy atom. The molecule has 6 heteroatoms. The largest absolute Gasteiger partial charge is 0.490 e. The maximum atomic E-state index is 12.3. The lowest BCUT2D eigenvalue weighted by molar-refractivity contribution is -0.118. The maximum Gasteiger partial charge on any atom is 0.338 e. The number of ether oxygens (including phenoxy) is 2. The Labute approximate surface area is 116 Å². The highest BCUT2D eigenvalue weighted by atomic mass is 19.1. The Balaban J connectivity index is 2.49. The Morgan fingerprint density at radius 1 is 1.40 bits per heavy atom. The second-order valence-electron chi connectivity index (χ2n) is 4.45. The van der Waals surface area contributed by atoms with E-state index in [1.807, 2.05) is 0 Å². The number of fused-ring (bicyclic) bond motifs is 1. The molecule has 1 aromatic carbocycles. The standard InChI is InChI=1S/C14H16FNO4/c1-16-11-7-9(14(18)19-2)8-12(20-6-5-15)10(11)3-4-13(16)17/h7-8H,3-6H2,1-2H3. The van der Waals surface area contributed by atoms with Crippen LogP contribution in [0.15, 0.2) is 12.1 Å². The van der Waals surface area contributed by atoms with E-state index in [4.69, 9.17) is 4.74 Å². The van der Waals surface area contributed by atoms with Crippen LogP contribution in [-0.2, 0) is 16.0 Å². The van der Waals surface area contributed by atoms with E-state index in [9.17, 15) is 14.0 Å². The normalized spacial score (nSPS) is 13.9. The first kappa shape index (κ1) is 14.3. The minimum Gasteiger partial charge on any atom is -0.490 e. The van der Waals surface area contributed by atoms with E-state index < -0.39 is 12.6 Å². The number of amides is 1. The molecule has 1 aliphatic heterocycles. The molecule has 5 nitrogen and oxygen atoms in total. The van der Waals surface area contributed by atoms with Crippen molar-refractivity contribution < 1.29 is 23.5 Å². The molecule has 0 saturated heterocycles. The van der Waals surface area contributed by atoms with E-state index >= 15 is 0 Å². The lowest BCUT2D eigenvalue weighted by Gasteiger charge is -2.27. The van der Waals surface area contributed by atoms with E-state index in [-0.39, 0.29) is 18.1 Å². The molecule has 20 heavy (non-hydrogen) atoms. The number of halogens is 1. The number of esters is 1. The predicted octanol–water partition coefficient (Wildman–Crippen LogP) is 1.73. The fraction of sp³-hybridized carbons (Fsp3) is 0.429. The molecule has 0 atom stereocenters.